The maximum absolute atomic E-state index is 10.8. The van der Waals surface area contributed by atoms with Gasteiger partial charge in [0, 0.05) is 24.0 Å². The Balaban J connectivity index is 2.14. The average Bonchev–Trinajstić information content (AvgIpc) is 2.71. The molecule has 1 atom stereocenters. The molecular weight excluding hydrogens is 226 g/mol. The van der Waals surface area contributed by atoms with Gasteiger partial charge < -0.3 is 10.0 Å². The van der Waals surface area contributed by atoms with Crippen LogP contribution in [-0.2, 0) is 0 Å². The van der Waals surface area contributed by atoms with Crippen molar-refractivity contribution in [3.05, 3.63) is 34.3 Å². The largest absolute Gasteiger partial charge is 0.465 e. The maximum Gasteiger partial charge on any atom is 0.407 e. The van der Waals surface area contributed by atoms with Gasteiger partial charge in [0.2, 0.25) is 0 Å². The van der Waals surface area contributed by atoms with Crippen molar-refractivity contribution in [2.75, 3.05) is 13.1 Å². The first-order chi connectivity index (χ1) is 7.58. The van der Waals surface area contributed by atoms with Crippen LogP contribution in [0.3, 0.4) is 0 Å². The molecular formula is C12H14ClNO2. The van der Waals surface area contributed by atoms with Crippen LogP contribution in [0.4, 0.5) is 4.79 Å². The van der Waals surface area contributed by atoms with Gasteiger partial charge in [0.15, 0.2) is 0 Å². The van der Waals surface area contributed by atoms with Crippen LogP contribution in [0.1, 0.15) is 23.5 Å². The summed E-state index contributed by atoms with van der Waals surface area (Å²) in [6.45, 7) is 3.19. The molecule has 86 valence electrons. The third kappa shape index (κ3) is 2.14. The van der Waals surface area contributed by atoms with Crippen molar-refractivity contribution < 1.29 is 9.90 Å². The lowest BCUT2D eigenvalue weighted by Crippen LogP contribution is -2.26. The normalized spacial score (nSPS) is 20.1. The van der Waals surface area contributed by atoms with Gasteiger partial charge in [-0.2, -0.15) is 0 Å². The topological polar surface area (TPSA) is 40.5 Å². The maximum atomic E-state index is 10.8. The van der Waals surface area contributed by atoms with Crippen LogP contribution in [0.2, 0.25) is 5.02 Å². The van der Waals surface area contributed by atoms with Crippen molar-refractivity contribution in [3.8, 4) is 0 Å². The van der Waals surface area contributed by atoms with Crippen molar-refractivity contribution in [2.24, 2.45) is 0 Å². The second-order valence-electron chi connectivity index (χ2n) is 4.22. The fraction of sp³-hybridized carbons (Fsp3) is 0.417. The minimum Gasteiger partial charge on any atom is -0.465 e. The summed E-state index contributed by atoms with van der Waals surface area (Å²) < 4.78 is 0. The summed E-state index contributed by atoms with van der Waals surface area (Å²) in [5.41, 5.74) is 2.23. The van der Waals surface area contributed by atoms with E-state index in [9.17, 15) is 4.79 Å². The molecule has 1 saturated heterocycles. The second kappa shape index (κ2) is 4.34. The molecule has 2 rings (SSSR count). The smallest absolute Gasteiger partial charge is 0.407 e. The van der Waals surface area contributed by atoms with E-state index in [-0.39, 0.29) is 0 Å². The van der Waals surface area contributed by atoms with E-state index in [2.05, 4.69) is 6.07 Å². The highest BCUT2D eigenvalue weighted by atomic mass is 35.5. The predicted molar refractivity (Wildman–Crippen MR) is 63.1 cm³/mol. The number of rotatable bonds is 1. The Labute approximate surface area is 99.6 Å². The SMILES string of the molecule is Cc1cc(C2CCN(C(=O)O)C2)ccc1Cl. The number of hydrogen-bond acceptors (Lipinski definition) is 1. The summed E-state index contributed by atoms with van der Waals surface area (Å²) in [5.74, 6) is 0.312. The molecule has 0 bridgehead atoms. The van der Waals surface area contributed by atoms with Crippen molar-refractivity contribution >= 4 is 17.7 Å². The summed E-state index contributed by atoms with van der Waals surface area (Å²) >= 11 is 5.96. The van der Waals surface area contributed by atoms with Crippen LogP contribution in [0.5, 0.6) is 0 Å². The molecule has 1 amide bonds. The first-order valence-corrected chi connectivity index (χ1v) is 5.69. The lowest BCUT2D eigenvalue weighted by Gasteiger charge is -2.13. The van der Waals surface area contributed by atoms with Crippen LogP contribution >= 0.6 is 11.6 Å². The molecule has 16 heavy (non-hydrogen) atoms. The zero-order valence-corrected chi connectivity index (χ0v) is 9.87. The molecule has 1 fully saturated rings. The number of amides is 1. The quantitative estimate of drug-likeness (QED) is 0.818. The zero-order valence-electron chi connectivity index (χ0n) is 9.11. The van der Waals surface area contributed by atoms with E-state index in [1.165, 1.54) is 10.5 Å². The Bertz CT molecular complexity index is 419. The number of likely N-dealkylation sites (tertiary alicyclic amines) is 1. The van der Waals surface area contributed by atoms with E-state index in [0.29, 0.717) is 19.0 Å². The zero-order chi connectivity index (χ0) is 11.7. The highest BCUT2D eigenvalue weighted by Crippen LogP contribution is 2.29. The molecule has 1 aliphatic rings. The van der Waals surface area contributed by atoms with Gasteiger partial charge in [-0.1, -0.05) is 23.7 Å². The van der Waals surface area contributed by atoms with Crippen molar-refractivity contribution in [1.82, 2.24) is 4.90 Å². The first kappa shape index (κ1) is 11.3. The number of nitrogens with zero attached hydrogens (tertiary/aromatic N) is 1. The summed E-state index contributed by atoms with van der Waals surface area (Å²) in [6.07, 6.45) is 0.0704. The molecule has 1 N–H and O–H groups in total. The molecule has 1 aromatic rings. The highest BCUT2D eigenvalue weighted by molar-refractivity contribution is 6.31. The van der Waals surface area contributed by atoms with Gasteiger partial charge in [-0.3, -0.25) is 0 Å². The van der Waals surface area contributed by atoms with Gasteiger partial charge >= 0.3 is 6.09 Å². The van der Waals surface area contributed by atoms with Crippen molar-refractivity contribution in [1.29, 1.82) is 0 Å². The standard InChI is InChI=1S/C12H14ClNO2/c1-8-6-9(2-3-11(8)13)10-4-5-14(7-10)12(15)16/h2-3,6,10H,4-5,7H2,1H3,(H,15,16). The molecule has 0 aromatic heterocycles. The third-order valence-corrected chi connectivity index (χ3v) is 3.54. The molecule has 1 unspecified atom stereocenters. The monoisotopic (exact) mass is 239 g/mol. The van der Waals surface area contributed by atoms with E-state index in [4.69, 9.17) is 16.7 Å². The second-order valence-corrected chi connectivity index (χ2v) is 4.63. The summed E-state index contributed by atoms with van der Waals surface area (Å²) in [6, 6.07) is 5.93. The minimum atomic E-state index is -0.826. The first-order valence-electron chi connectivity index (χ1n) is 5.32. The lowest BCUT2D eigenvalue weighted by molar-refractivity contribution is 0.155. The molecule has 1 heterocycles. The Kier molecular flexibility index (Phi) is 3.06. The molecule has 0 radical (unpaired) electrons. The van der Waals surface area contributed by atoms with E-state index in [1.807, 2.05) is 19.1 Å². The molecule has 3 nitrogen and oxygen atoms in total. The van der Waals surface area contributed by atoms with Gasteiger partial charge in [0.05, 0.1) is 0 Å². The van der Waals surface area contributed by atoms with Crippen molar-refractivity contribution in [2.45, 2.75) is 19.3 Å². The Morgan fingerprint density at radius 2 is 2.31 bits per heavy atom. The fourth-order valence-electron chi connectivity index (χ4n) is 2.13. The van der Waals surface area contributed by atoms with Crippen LogP contribution in [0, 0.1) is 6.92 Å². The van der Waals surface area contributed by atoms with E-state index in [0.717, 1.165) is 17.0 Å². The number of halogens is 1. The number of aryl methyl sites for hydroxylation is 1. The fourth-order valence-corrected chi connectivity index (χ4v) is 2.25. The lowest BCUT2D eigenvalue weighted by atomic mass is 9.97. The predicted octanol–water partition coefficient (Wildman–Crippen LogP) is 3.12. The molecule has 0 spiro atoms. The number of carboxylic acid groups (broad SMARTS) is 1. The average molecular weight is 240 g/mol. The van der Waals surface area contributed by atoms with Gasteiger partial charge in [-0.05, 0) is 30.5 Å². The summed E-state index contributed by atoms with van der Waals surface area (Å²) in [5, 5.41) is 9.64. The van der Waals surface area contributed by atoms with E-state index in [1.54, 1.807) is 0 Å². The molecule has 0 saturated carbocycles. The summed E-state index contributed by atoms with van der Waals surface area (Å²) in [7, 11) is 0. The van der Waals surface area contributed by atoms with Crippen LogP contribution in [-0.4, -0.2) is 29.2 Å². The van der Waals surface area contributed by atoms with Gasteiger partial charge in [0.1, 0.15) is 0 Å². The third-order valence-electron chi connectivity index (χ3n) is 3.11. The molecule has 1 aromatic carbocycles. The Hall–Kier alpha value is -1.22. The van der Waals surface area contributed by atoms with Gasteiger partial charge in [-0.15, -0.1) is 0 Å². The number of benzene rings is 1. The Morgan fingerprint density at radius 1 is 1.56 bits per heavy atom. The van der Waals surface area contributed by atoms with Crippen LogP contribution in [0.25, 0.3) is 0 Å². The van der Waals surface area contributed by atoms with Gasteiger partial charge in [0.25, 0.3) is 0 Å². The van der Waals surface area contributed by atoms with Crippen LogP contribution < -0.4 is 0 Å². The molecule has 4 heteroatoms. The van der Waals surface area contributed by atoms with E-state index >= 15 is 0 Å². The van der Waals surface area contributed by atoms with Crippen LogP contribution in [0.15, 0.2) is 18.2 Å². The molecule has 1 aliphatic heterocycles. The van der Waals surface area contributed by atoms with E-state index < -0.39 is 6.09 Å². The minimum absolute atomic E-state index is 0.312. The Morgan fingerprint density at radius 3 is 2.88 bits per heavy atom. The molecule has 0 aliphatic carbocycles. The van der Waals surface area contributed by atoms with Gasteiger partial charge in [-0.25, -0.2) is 4.79 Å². The number of hydrogen-bond donors (Lipinski definition) is 1. The summed E-state index contributed by atoms with van der Waals surface area (Å²) in [4.78, 5) is 12.3. The number of carbonyl (C=O) groups is 1. The highest BCUT2D eigenvalue weighted by Gasteiger charge is 2.26. The van der Waals surface area contributed by atoms with Crippen molar-refractivity contribution in [3.63, 3.8) is 0 Å².